The lowest BCUT2D eigenvalue weighted by Crippen LogP contribution is -2.14. The lowest BCUT2D eigenvalue weighted by molar-refractivity contribution is -0.385. The van der Waals surface area contributed by atoms with Crippen LogP contribution in [0.2, 0.25) is 0 Å². The summed E-state index contributed by atoms with van der Waals surface area (Å²) >= 11 is 1.07. The first-order chi connectivity index (χ1) is 8.47. The van der Waals surface area contributed by atoms with Crippen LogP contribution in [0.3, 0.4) is 0 Å². The van der Waals surface area contributed by atoms with Crippen molar-refractivity contribution in [2.75, 3.05) is 7.11 Å². The summed E-state index contributed by atoms with van der Waals surface area (Å²) in [4.78, 5) is 21.6. The van der Waals surface area contributed by atoms with Crippen LogP contribution in [-0.2, 0) is 4.79 Å². The van der Waals surface area contributed by atoms with Gasteiger partial charge in [0.25, 0.3) is 5.69 Å². The summed E-state index contributed by atoms with van der Waals surface area (Å²) in [6, 6.07) is 4.23. The Kier molecular flexibility index (Phi) is 4.96. The van der Waals surface area contributed by atoms with E-state index in [-0.39, 0.29) is 5.69 Å². The highest BCUT2D eigenvalue weighted by molar-refractivity contribution is 8.00. The van der Waals surface area contributed by atoms with E-state index in [4.69, 9.17) is 9.84 Å². The molecule has 0 saturated carbocycles. The Morgan fingerprint density at radius 3 is 2.67 bits per heavy atom. The monoisotopic (exact) mass is 271 g/mol. The van der Waals surface area contributed by atoms with Crippen LogP contribution in [0.5, 0.6) is 5.75 Å². The smallest absolute Gasteiger partial charge is 0.316 e. The van der Waals surface area contributed by atoms with E-state index in [1.54, 1.807) is 13.0 Å². The van der Waals surface area contributed by atoms with Gasteiger partial charge in [0.1, 0.15) is 11.0 Å². The number of rotatable bonds is 6. The number of carboxylic acid groups (broad SMARTS) is 1. The molecule has 0 saturated heterocycles. The number of nitro groups is 1. The van der Waals surface area contributed by atoms with Gasteiger partial charge in [-0.1, -0.05) is 6.92 Å². The van der Waals surface area contributed by atoms with Crippen LogP contribution in [0, 0.1) is 10.1 Å². The average molecular weight is 271 g/mol. The summed E-state index contributed by atoms with van der Waals surface area (Å²) in [5.74, 6) is -0.597. The van der Waals surface area contributed by atoms with Crippen molar-refractivity contribution in [3.8, 4) is 5.75 Å². The Morgan fingerprint density at radius 1 is 1.56 bits per heavy atom. The van der Waals surface area contributed by atoms with Gasteiger partial charge in [-0.25, -0.2) is 0 Å². The van der Waals surface area contributed by atoms with Crippen molar-refractivity contribution in [2.45, 2.75) is 23.5 Å². The van der Waals surface area contributed by atoms with Gasteiger partial charge >= 0.3 is 5.97 Å². The summed E-state index contributed by atoms with van der Waals surface area (Å²) < 4.78 is 4.96. The number of carbonyl (C=O) groups is 1. The molecule has 1 unspecified atom stereocenters. The molecule has 1 atom stereocenters. The zero-order valence-corrected chi connectivity index (χ0v) is 10.8. The molecule has 1 aromatic rings. The molecule has 0 bridgehead atoms. The van der Waals surface area contributed by atoms with Crippen molar-refractivity contribution in [3.63, 3.8) is 0 Å². The molecule has 1 aromatic carbocycles. The van der Waals surface area contributed by atoms with Crippen LogP contribution in [0.1, 0.15) is 13.3 Å². The zero-order chi connectivity index (χ0) is 13.7. The quantitative estimate of drug-likeness (QED) is 0.486. The van der Waals surface area contributed by atoms with Crippen LogP contribution in [-0.4, -0.2) is 28.4 Å². The summed E-state index contributed by atoms with van der Waals surface area (Å²) in [6.45, 7) is 1.75. The number of non-ortho nitro benzene ring substituents is 1. The van der Waals surface area contributed by atoms with Crippen LogP contribution < -0.4 is 4.74 Å². The maximum Gasteiger partial charge on any atom is 0.316 e. The number of thioether (sulfide) groups is 1. The molecular weight excluding hydrogens is 258 g/mol. The highest BCUT2D eigenvalue weighted by Gasteiger charge is 2.19. The molecular formula is C11H13NO5S. The summed E-state index contributed by atoms with van der Waals surface area (Å²) in [7, 11) is 1.40. The van der Waals surface area contributed by atoms with Gasteiger partial charge in [-0.15, -0.1) is 11.8 Å². The Bertz CT molecular complexity index is 463. The molecule has 1 N–H and O–H groups in total. The first kappa shape index (κ1) is 14.3. The SMILES string of the molecule is CCC(Sc1cc(OC)cc([N+](=O)[O-])c1)C(=O)O. The van der Waals surface area contributed by atoms with Crippen molar-refractivity contribution in [1.29, 1.82) is 0 Å². The summed E-state index contributed by atoms with van der Waals surface area (Å²) in [5.41, 5.74) is -0.114. The standard InChI is InChI=1S/C11H13NO5S/c1-3-10(11(13)14)18-9-5-7(12(15)16)4-8(6-9)17-2/h4-6,10H,3H2,1-2H3,(H,13,14). The molecule has 0 aliphatic rings. The highest BCUT2D eigenvalue weighted by Crippen LogP contribution is 2.32. The minimum absolute atomic E-state index is 0.114. The number of carboxylic acids is 1. The van der Waals surface area contributed by atoms with Crippen molar-refractivity contribution < 1.29 is 19.6 Å². The van der Waals surface area contributed by atoms with Crippen LogP contribution >= 0.6 is 11.8 Å². The molecule has 0 heterocycles. The molecule has 98 valence electrons. The largest absolute Gasteiger partial charge is 0.496 e. The Labute approximate surface area is 108 Å². The number of benzene rings is 1. The van der Waals surface area contributed by atoms with E-state index in [9.17, 15) is 14.9 Å². The Balaban J connectivity index is 3.04. The normalized spacial score (nSPS) is 11.9. The third kappa shape index (κ3) is 3.63. The fourth-order valence-electron chi connectivity index (χ4n) is 1.32. The Morgan fingerprint density at radius 2 is 2.22 bits per heavy atom. The lowest BCUT2D eigenvalue weighted by Gasteiger charge is -2.10. The van der Waals surface area contributed by atoms with Crippen molar-refractivity contribution in [1.82, 2.24) is 0 Å². The van der Waals surface area contributed by atoms with E-state index >= 15 is 0 Å². The first-order valence-corrected chi connectivity index (χ1v) is 6.08. The zero-order valence-electron chi connectivity index (χ0n) is 9.95. The number of nitrogens with zero attached hydrogens (tertiary/aromatic N) is 1. The van der Waals surface area contributed by atoms with Crippen LogP contribution in [0.15, 0.2) is 23.1 Å². The Hall–Kier alpha value is -1.76. The molecule has 1 rings (SSSR count). The molecule has 0 aliphatic heterocycles. The minimum Gasteiger partial charge on any atom is -0.496 e. The van der Waals surface area contributed by atoms with E-state index < -0.39 is 16.1 Å². The fraction of sp³-hybridized carbons (Fsp3) is 0.364. The first-order valence-electron chi connectivity index (χ1n) is 5.20. The number of aliphatic carboxylic acids is 1. The average Bonchev–Trinajstić information content (AvgIpc) is 2.34. The van der Waals surface area contributed by atoms with E-state index in [1.807, 2.05) is 0 Å². The summed E-state index contributed by atoms with van der Waals surface area (Å²) in [6.07, 6.45) is 0.436. The molecule has 0 aliphatic carbocycles. The second-order valence-electron chi connectivity index (χ2n) is 3.48. The van der Waals surface area contributed by atoms with Gasteiger partial charge in [-0.3, -0.25) is 14.9 Å². The number of ether oxygens (including phenoxy) is 1. The molecule has 18 heavy (non-hydrogen) atoms. The van der Waals surface area contributed by atoms with Gasteiger partial charge in [-0.2, -0.15) is 0 Å². The van der Waals surface area contributed by atoms with Gasteiger partial charge in [0.2, 0.25) is 0 Å². The molecule has 0 spiro atoms. The predicted octanol–water partition coefficient (Wildman–Crippen LogP) is 2.56. The lowest BCUT2D eigenvalue weighted by atomic mass is 10.3. The van der Waals surface area contributed by atoms with E-state index in [1.165, 1.54) is 19.2 Å². The number of hydrogen-bond donors (Lipinski definition) is 1. The van der Waals surface area contributed by atoms with Crippen molar-refractivity contribution >= 4 is 23.4 Å². The fourth-order valence-corrected chi connectivity index (χ4v) is 2.29. The predicted molar refractivity (Wildman–Crippen MR) is 67.2 cm³/mol. The van der Waals surface area contributed by atoms with Gasteiger partial charge in [-0.05, 0) is 12.5 Å². The van der Waals surface area contributed by atoms with Gasteiger partial charge in [0.15, 0.2) is 0 Å². The van der Waals surface area contributed by atoms with Crippen LogP contribution in [0.25, 0.3) is 0 Å². The third-order valence-electron chi connectivity index (χ3n) is 2.24. The minimum atomic E-state index is -0.937. The third-order valence-corrected chi connectivity index (χ3v) is 3.56. The van der Waals surface area contributed by atoms with Gasteiger partial charge < -0.3 is 9.84 Å². The maximum absolute atomic E-state index is 10.9. The van der Waals surface area contributed by atoms with Gasteiger partial charge in [0.05, 0.1) is 18.1 Å². The highest BCUT2D eigenvalue weighted by atomic mass is 32.2. The molecule has 0 radical (unpaired) electrons. The van der Waals surface area contributed by atoms with E-state index in [0.717, 1.165) is 11.8 Å². The van der Waals surface area contributed by atoms with Crippen LogP contribution in [0.4, 0.5) is 5.69 Å². The van der Waals surface area contributed by atoms with E-state index in [0.29, 0.717) is 17.1 Å². The number of methoxy groups -OCH3 is 1. The second-order valence-corrected chi connectivity index (χ2v) is 4.75. The molecule has 0 aromatic heterocycles. The second kappa shape index (κ2) is 6.25. The molecule has 0 fully saturated rings. The van der Waals surface area contributed by atoms with Crippen molar-refractivity contribution in [3.05, 3.63) is 28.3 Å². The van der Waals surface area contributed by atoms with Crippen molar-refractivity contribution in [2.24, 2.45) is 0 Å². The maximum atomic E-state index is 10.9. The molecule has 7 heteroatoms. The van der Waals surface area contributed by atoms with Gasteiger partial charge in [0, 0.05) is 11.0 Å². The summed E-state index contributed by atoms with van der Waals surface area (Å²) in [5, 5.41) is 19.1. The molecule has 6 nitrogen and oxygen atoms in total. The topological polar surface area (TPSA) is 89.7 Å². The number of hydrogen-bond acceptors (Lipinski definition) is 5. The molecule has 0 amide bonds. The number of nitro benzene ring substituents is 1. The van der Waals surface area contributed by atoms with E-state index in [2.05, 4.69) is 0 Å².